The van der Waals surface area contributed by atoms with Crippen LogP contribution in [-0.2, 0) is 6.54 Å². The molecule has 0 aromatic heterocycles. The van der Waals surface area contributed by atoms with Crippen LogP contribution in [0.25, 0.3) is 0 Å². The average Bonchev–Trinajstić information content (AvgIpc) is 2.42. The summed E-state index contributed by atoms with van der Waals surface area (Å²) in [7, 11) is 2.20. The van der Waals surface area contributed by atoms with Gasteiger partial charge in [0.15, 0.2) is 0 Å². The molecular weight excluding hydrogens is 218 g/mol. The maximum atomic E-state index is 2.42. The monoisotopic (exact) mass is 239 g/mol. The van der Waals surface area contributed by atoms with Crippen molar-refractivity contribution in [3.05, 3.63) is 71.8 Å². The number of hydrogen-bond acceptors (Lipinski definition) is 1. The van der Waals surface area contributed by atoms with Gasteiger partial charge in [-0.15, -0.1) is 0 Å². The van der Waals surface area contributed by atoms with Crippen molar-refractivity contribution in [1.29, 1.82) is 0 Å². The van der Waals surface area contributed by atoms with Crippen molar-refractivity contribution < 1.29 is 0 Å². The molecule has 0 radical (unpaired) electrons. The zero-order valence-corrected chi connectivity index (χ0v) is 11.2. The molecule has 18 heavy (non-hydrogen) atoms. The van der Waals surface area contributed by atoms with Crippen molar-refractivity contribution in [2.45, 2.75) is 25.9 Å². The normalized spacial score (nSPS) is 12.6. The van der Waals surface area contributed by atoms with E-state index in [9.17, 15) is 0 Å². The zero-order chi connectivity index (χ0) is 12.8. The summed E-state index contributed by atoms with van der Waals surface area (Å²) >= 11 is 0. The zero-order valence-electron chi connectivity index (χ0n) is 11.2. The van der Waals surface area contributed by atoms with E-state index in [1.807, 2.05) is 0 Å². The average molecular weight is 239 g/mol. The van der Waals surface area contributed by atoms with Crippen LogP contribution in [0.2, 0.25) is 0 Å². The molecule has 0 saturated carbocycles. The van der Waals surface area contributed by atoms with Gasteiger partial charge >= 0.3 is 0 Å². The van der Waals surface area contributed by atoms with Gasteiger partial charge in [-0.2, -0.15) is 0 Å². The lowest BCUT2D eigenvalue weighted by atomic mass is 10.0. The Morgan fingerprint density at radius 2 is 1.44 bits per heavy atom. The summed E-state index contributed by atoms with van der Waals surface area (Å²) in [5.41, 5.74) is 2.77. The van der Waals surface area contributed by atoms with Gasteiger partial charge in [0.2, 0.25) is 0 Å². The number of nitrogens with zero attached hydrogens (tertiary/aromatic N) is 1. The minimum atomic E-state index is 0.492. The topological polar surface area (TPSA) is 3.24 Å². The first kappa shape index (κ1) is 12.8. The maximum Gasteiger partial charge on any atom is 0.0345 e. The summed E-state index contributed by atoms with van der Waals surface area (Å²) in [4.78, 5) is 2.42. The van der Waals surface area contributed by atoms with E-state index in [1.165, 1.54) is 11.1 Å². The lowest BCUT2D eigenvalue weighted by Gasteiger charge is -2.27. The first-order valence-corrected chi connectivity index (χ1v) is 6.60. The van der Waals surface area contributed by atoms with E-state index in [0.717, 1.165) is 13.0 Å². The van der Waals surface area contributed by atoms with Gasteiger partial charge in [0.05, 0.1) is 0 Å². The van der Waals surface area contributed by atoms with Crippen molar-refractivity contribution >= 4 is 0 Å². The van der Waals surface area contributed by atoms with Crippen LogP contribution in [0, 0.1) is 0 Å². The van der Waals surface area contributed by atoms with Crippen LogP contribution in [0.5, 0.6) is 0 Å². The fourth-order valence-corrected chi connectivity index (χ4v) is 2.46. The second-order valence-corrected chi connectivity index (χ2v) is 4.74. The van der Waals surface area contributed by atoms with Crippen LogP contribution in [0.1, 0.15) is 30.5 Å². The molecule has 0 fully saturated rings. The Morgan fingerprint density at radius 1 is 0.889 bits per heavy atom. The molecule has 2 rings (SSSR count). The maximum absolute atomic E-state index is 2.42. The molecule has 94 valence electrons. The predicted octanol–water partition coefficient (Wildman–Crippen LogP) is 4.27. The first-order valence-electron chi connectivity index (χ1n) is 6.60. The smallest absolute Gasteiger partial charge is 0.0345 e. The third-order valence-electron chi connectivity index (χ3n) is 3.38. The van der Waals surface area contributed by atoms with E-state index in [4.69, 9.17) is 0 Å². The van der Waals surface area contributed by atoms with Gasteiger partial charge in [-0.1, -0.05) is 67.6 Å². The van der Waals surface area contributed by atoms with E-state index >= 15 is 0 Å². The van der Waals surface area contributed by atoms with Crippen molar-refractivity contribution in [2.75, 3.05) is 7.05 Å². The summed E-state index contributed by atoms with van der Waals surface area (Å²) in [6.07, 6.45) is 1.13. The molecule has 0 aliphatic heterocycles. The molecule has 1 unspecified atom stereocenters. The Hall–Kier alpha value is -1.60. The number of hydrogen-bond donors (Lipinski definition) is 0. The minimum Gasteiger partial charge on any atom is -0.295 e. The summed E-state index contributed by atoms with van der Waals surface area (Å²) in [6, 6.07) is 21.9. The SMILES string of the molecule is CCC(c1ccccc1)N(C)Cc1ccccc1. The highest BCUT2D eigenvalue weighted by molar-refractivity contribution is 5.20. The lowest BCUT2D eigenvalue weighted by Crippen LogP contribution is -2.23. The van der Waals surface area contributed by atoms with Crippen molar-refractivity contribution in [3.8, 4) is 0 Å². The second kappa shape index (κ2) is 6.36. The molecule has 0 aliphatic carbocycles. The molecule has 0 N–H and O–H groups in total. The Balaban J connectivity index is 2.09. The lowest BCUT2D eigenvalue weighted by molar-refractivity contribution is 0.230. The van der Waals surface area contributed by atoms with Crippen LogP contribution in [0.15, 0.2) is 60.7 Å². The van der Waals surface area contributed by atoms with E-state index in [-0.39, 0.29) is 0 Å². The molecule has 1 heteroatoms. The fourth-order valence-electron chi connectivity index (χ4n) is 2.46. The van der Waals surface area contributed by atoms with Gasteiger partial charge in [-0.3, -0.25) is 4.90 Å². The Morgan fingerprint density at radius 3 is 2.00 bits per heavy atom. The van der Waals surface area contributed by atoms with Gasteiger partial charge < -0.3 is 0 Å². The van der Waals surface area contributed by atoms with Gasteiger partial charge in [0.1, 0.15) is 0 Å². The molecule has 0 heterocycles. The molecular formula is C17H21N. The van der Waals surface area contributed by atoms with Gasteiger partial charge in [-0.05, 0) is 24.6 Å². The third kappa shape index (κ3) is 3.21. The molecule has 0 spiro atoms. The molecule has 0 bridgehead atoms. The Kier molecular flexibility index (Phi) is 4.54. The molecule has 1 nitrogen and oxygen atoms in total. The number of benzene rings is 2. The molecule has 2 aromatic rings. The van der Waals surface area contributed by atoms with E-state index < -0.39 is 0 Å². The number of rotatable bonds is 5. The molecule has 0 amide bonds. The summed E-state index contributed by atoms with van der Waals surface area (Å²) < 4.78 is 0. The molecule has 0 saturated heterocycles. The minimum absolute atomic E-state index is 0.492. The molecule has 1 atom stereocenters. The van der Waals surface area contributed by atoms with E-state index in [2.05, 4.69) is 79.5 Å². The Bertz CT molecular complexity index is 450. The largest absolute Gasteiger partial charge is 0.295 e. The van der Waals surface area contributed by atoms with Gasteiger partial charge in [0.25, 0.3) is 0 Å². The van der Waals surface area contributed by atoms with Crippen molar-refractivity contribution in [1.82, 2.24) is 4.90 Å². The van der Waals surface area contributed by atoms with Crippen molar-refractivity contribution in [3.63, 3.8) is 0 Å². The van der Waals surface area contributed by atoms with E-state index in [0.29, 0.717) is 6.04 Å². The van der Waals surface area contributed by atoms with E-state index in [1.54, 1.807) is 0 Å². The highest BCUT2D eigenvalue weighted by Crippen LogP contribution is 2.24. The van der Waals surface area contributed by atoms with Gasteiger partial charge in [0, 0.05) is 12.6 Å². The van der Waals surface area contributed by atoms with Crippen LogP contribution in [0.4, 0.5) is 0 Å². The molecule has 0 aliphatic rings. The quantitative estimate of drug-likeness (QED) is 0.753. The third-order valence-corrected chi connectivity index (χ3v) is 3.38. The first-order chi connectivity index (χ1) is 8.81. The van der Waals surface area contributed by atoms with Crippen LogP contribution >= 0.6 is 0 Å². The summed E-state index contributed by atoms with van der Waals surface area (Å²) in [5, 5.41) is 0. The summed E-state index contributed by atoms with van der Waals surface area (Å²) in [6.45, 7) is 3.24. The molecule has 2 aromatic carbocycles. The van der Waals surface area contributed by atoms with Crippen LogP contribution < -0.4 is 0 Å². The highest BCUT2D eigenvalue weighted by Gasteiger charge is 2.14. The second-order valence-electron chi connectivity index (χ2n) is 4.74. The predicted molar refractivity (Wildman–Crippen MR) is 77.4 cm³/mol. The summed E-state index contributed by atoms with van der Waals surface area (Å²) in [5.74, 6) is 0. The van der Waals surface area contributed by atoms with Crippen LogP contribution in [-0.4, -0.2) is 11.9 Å². The van der Waals surface area contributed by atoms with Gasteiger partial charge in [-0.25, -0.2) is 0 Å². The standard InChI is InChI=1S/C17H21N/c1-3-17(16-12-8-5-9-13-16)18(2)14-15-10-6-4-7-11-15/h4-13,17H,3,14H2,1-2H3. The fraction of sp³-hybridized carbons (Fsp3) is 0.294. The van der Waals surface area contributed by atoms with Crippen molar-refractivity contribution in [2.24, 2.45) is 0 Å². The highest BCUT2D eigenvalue weighted by atomic mass is 15.1. The van der Waals surface area contributed by atoms with Crippen LogP contribution in [0.3, 0.4) is 0 Å². The Labute approximate surface area is 110 Å².